The zero-order valence-corrected chi connectivity index (χ0v) is 13.3. The Morgan fingerprint density at radius 3 is 1.32 bits per heavy atom. The summed E-state index contributed by atoms with van der Waals surface area (Å²) in [6.07, 6.45) is 11.7. The van der Waals surface area contributed by atoms with E-state index < -0.39 is 0 Å². The summed E-state index contributed by atoms with van der Waals surface area (Å²) in [5.41, 5.74) is 2.31. The van der Waals surface area contributed by atoms with Crippen LogP contribution in [0.1, 0.15) is 49.7 Å². The van der Waals surface area contributed by atoms with Gasteiger partial charge in [0.2, 0.25) is 0 Å². The zero-order valence-electron chi connectivity index (χ0n) is 13.3. The molecule has 0 unspecified atom stereocenters. The van der Waals surface area contributed by atoms with E-state index in [2.05, 4.69) is 44.5 Å². The predicted octanol–water partition coefficient (Wildman–Crippen LogP) is 3.33. The van der Waals surface area contributed by atoms with E-state index in [1.807, 2.05) is 12.4 Å². The summed E-state index contributed by atoms with van der Waals surface area (Å²) in [4.78, 5) is 0. The van der Waals surface area contributed by atoms with Gasteiger partial charge in [0.1, 0.15) is 0 Å². The van der Waals surface area contributed by atoms with Gasteiger partial charge in [-0.3, -0.25) is 10.0 Å². The highest BCUT2D eigenvalue weighted by atomic mass is 15.4. The summed E-state index contributed by atoms with van der Waals surface area (Å²) >= 11 is 0. The van der Waals surface area contributed by atoms with Crippen molar-refractivity contribution in [3.63, 3.8) is 0 Å². The summed E-state index contributed by atoms with van der Waals surface area (Å²) < 4.78 is 0. The van der Waals surface area contributed by atoms with Crippen molar-refractivity contribution < 1.29 is 0 Å². The van der Waals surface area contributed by atoms with Crippen molar-refractivity contribution in [2.75, 3.05) is 26.2 Å². The van der Waals surface area contributed by atoms with E-state index in [0.29, 0.717) is 0 Å². The lowest BCUT2D eigenvalue weighted by atomic mass is 10.1. The van der Waals surface area contributed by atoms with Crippen LogP contribution in [-0.2, 0) is 0 Å². The highest BCUT2D eigenvalue weighted by molar-refractivity contribution is 5.83. The van der Waals surface area contributed by atoms with E-state index in [0.717, 1.165) is 37.3 Å². The van der Waals surface area contributed by atoms with Crippen molar-refractivity contribution in [1.29, 1.82) is 0 Å². The van der Waals surface area contributed by atoms with Gasteiger partial charge in [0, 0.05) is 26.2 Å². The van der Waals surface area contributed by atoms with Gasteiger partial charge >= 0.3 is 0 Å². The van der Waals surface area contributed by atoms with Crippen LogP contribution in [-0.4, -0.2) is 48.6 Å². The topological polar surface area (TPSA) is 31.2 Å². The lowest BCUT2D eigenvalue weighted by Gasteiger charge is -2.23. The van der Waals surface area contributed by atoms with Gasteiger partial charge in [-0.25, -0.2) is 0 Å². The Balaban J connectivity index is 1.53. The molecule has 2 heterocycles. The molecule has 2 aliphatic rings. The smallest absolute Gasteiger partial charge is 0.0542 e. The summed E-state index contributed by atoms with van der Waals surface area (Å²) in [5.74, 6) is 0. The molecule has 0 amide bonds. The van der Waals surface area contributed by atoms with E-state index in [-0.39, 0.29) is 0 Å². The molecule has 1 aromatic rings. The molecule has 2 saturated heterocycles. The molecule has 0 saturated carbocycles. The largest absolute Gasteiger partial charge is 0.297 e. The molecule has 0 aromatic heterocycles. The van der Waals surface area contributed by atoms with Crippen LogP contribution in [0.4, 0.5) is 0 Å². The van der Waals surface area contributed by atoms with Crippen LogP contribution in [0, 0.1) is 0 Å². The molecule has 0 aliphatic carbocycles. The van der Waals surface area contributed by atoms with Gasteiger partial charge in [0.15, 0.2) is 0 Å². The SMILES string of the molecule is C(=NN1CCCCC1)c1ccc(C=NN2CCCCC2)cc1. The maximum atomic E-state index is 4.57. The molecular formula is C18H26N4. The van der Waals surface area contributed by atoms with Crippen LogP contribution in [0.3, 0.4) is 0 Å². The molecule has 2 aliphatic heterocycles. The predicted molar refractivity (Wildman–Crippen MR) is 92.5 cm³/mol. The Bertz CT molecular complexity index is 447. The lowest BCUT2D eigenvalue weighted by molar-refractivity contribution is 0.240. The second kappa shape index (κ2) is 7.97. The third-order valence-electron chi connectivity index (χ3n) is 4.34. The average molecular weight is 298 g/mol. The molecule has 118 valence electrons. The Labute approximate surface area is 133 Å². The summed E-state index contributed by atoms with van der Waals surface area (Å²) in [6.45, 7) is 4.38. The van der Waals surface area contributed by atoms with Gasteiger partial charge in [0.05, 0.1) is 12.4 Å². The van der Waals surface area contributed by atoms with Gasteiger partial charge in [-0.05, 0) is 49.7 Å². The second-order valence-electron chi connectivity index (χ2n) is 6.18. The van der Waals surface area contributed by atoms with Crippen molar-refractivity contribution in [3.8, 4) is 0 Å². The standard InChI is InChI=1S/C18H26N4/c1-3-11-21(12-4-1)19-15-17-7-9-18(10-8-17)16-20-22-13-5-2-6-14-22/h7-10,15-16H,1-6,11-14H2. The average Bonchev–Trinajstić information content (AvgIpc) is 2.61. The van der Waals surface area contributed by atoms with E-state index in [9.17, 15) is 0 Å². The van der Waals surface area contributed by atoms with E-state index >= 15 is 0 Å². The highest BCUT2D eigenvalue weighted by Crippen LogP contribution is 2.10. The van der Waals surface area contributed by atoms with Crippen molar-refractivity contribution in [2.45, 2.75) is 38.5 Å². The van der Waals surface area contributed by atoms with Gasteiger partial charge in [-0.1, -0.05) is 24.3 Å². The molecule has 4 nitrogen and oxygen atoms in total. The quantitative estimate of drug-likeness (QED) is 0.798. The van der Waals surface area contributed by atoms with Gasteiger partial charge < -0.3 is 0 Å². The molecule has 22 heavy (non-hydrogen) atoms. The van der Waals surface area contributed by atoms with Crippen molar-refractivity contribution in [3.05, 3.63) is 35.4 Å². The molecule has 1 aromatic carbocycles. The molecule has 2 fully saturated rings. The molecule has 4 heteroatoms. The Hall–Kier alpha value is -1.84. The molecule has 0 spiro atoms. The van der Waals surface area contributed by atoms with E-state index in [1.54, 1.807) is 0 Å². The Morgan fingerprint density at radius 1 is 0.591 bits per heavy atom. The van der Waals surface area contributed by atoms with Gasteiger partial charge in [-0.15, -0.1) is 0 Å². The number of hydrazone groups is 2. The molecular weight excluding hydrogens is 272 g/mol. The van der Waals surface area contributed by atoms with Gasteiger partial charge in [0.25, 0.3) is 0 Å². The highest BCUT2D eigenvalue weighted by Gasteiger charge is 2.07. The number of nitrogens with zero attached hydrogens (tertiary/aromatic N) is 4. The minimum atomic E-state index is 1.09. The zero-order chi connectivity index (χ0) is 15.0. The third kappa shape index (κ3) is 4.58. The first-order chi connectivity index (χ1) is 10.9. The van der Waals surface area contributed by atoms with Crippen molar-refractivity contribution >= 4 is 12.4 Å². The number of hydrogen-bond donors (Lipinski definition) is 0. The molecule has 0 bridgehead atoms. The van der Waals surface area contributed by atoms with Crippen LogP contribution in [0.2, 0.25) is 0 Å². The van der Waals surface area contributed by atoms with Crippen LogP contribution in [0.5, 0.6) is 0 Å². The lowest BCUT2D eigenvalue weighted by Crippen LogP contribution is -2.24. The fraction of sp³-hybridized carbons (Fsp3) is 0.556. The monoisotopic (exact) mass is 298 g/mol. The van der Waals surface area contributed by atoms with E-state index in [4.69, 9.17) is 0 Å². The normalized spacial score (nSPS) is 20.2. The van der Waals surface area contributed by atoms with Gasteiger partial charge in [-0.2, -0.15) is 10.2 Å². The fourth-order valence-electron chi connectivity index (χ4n) is 2.95. The molecule has 0 N–H and O–H groups in total. The van der Waals surface area contributed by atoms with Crippen LogP contribution in [0.25, 0.3) is 0 Å². The minimum absolute atomic E-state index is 1.09. The van der Waals surface area contributed by atoms with Crippen molar-refractivity contribution in [2.24, 2.45) is 10.2 Å². The second-order valence-corrected chi connectivity index (χ2v) is 6.18. The number of piperidine rings is 2. The first-order valence-electron chi connectivity index (χ1n) is 8.58. The molecule has 0 atom stereocenters. The van der Waals surface area contributed by atoms with Crippen LogP contribution >= 0.6 is 0 Å². The first kappa shape index (κ1) is 15.1. The maximum Gasteiger partial charge on any atom is 0.0542 e. The number of rotatable bonds is 4. The summed E-state index contributed by atoms with van der Waals surface area (Å²) in [6, 6.07) is 8.46. The van der Waals surface area contributed by atoms with E-state index in [1.165, 1.54) is 38.5 Å². The van der Waals surface area contributed by atoms with Crippen LogP contribution in [0.15, 0.2) is 34.5 Å². The number of benzene rings is 1. The number of hydrogen-bond acceptors (Lipinski definition) is 4. The summed E-state index contributed by atoms with van der Waals surface area (Å²) in [5, 5.41) is 13.5. The Morgan fingerprint density at radius 2 is 0.955 bits per heavy atom. The fourth-order valence-corrected chi connectivity index (χ4v) is 2.95. The first-order valence-corrected chi connectivity index (χ1v) is 8.58. The summed E-state index contributed by atoms with van der Waals surface area (Å²) in [7, 11) is 0. The molecule has 0 radical (unpaired) electrons. The van der Waals surface area contributed by atoms with Crippen molar-refractivity contribution in [1.82, 2.24) is 10.0 Å². The minimum Gasteiger partial charge on any atom is -0.297 e. The Kier molecular flexibility index (Phi) is 5.46. The molecule has 3 rings (SSSR count). The van der Waals surface area contributed by atoms with Crippen LogP contribution < -0.4 is 0 Å². The maximum absolute atomic E-state index is 4.57. The third-order valence-corrected chi connectivity index (χ3v) is 4.34.